The van der Waals surface area contributed by atoms with E-state index in [-0.39, 0.29) is 17.4 Å². The summed E-state index contributed by atoms with van der Waals surface area (Å²) in [5, 5.41) is 2.81. The standard InChI is InChI=1S/C20H24N2O4S/c1-4-5-14-6-9-16(10-7-14)27(24,25)22-15-8-11-17-18(12-15)26-13-20(2,3)19(23)21-17/h6-12,22H,4-5,13H2,1-3H3,(H,21,23). The summed E-state index contributed by atoms with van der Waals surface area (Å²) in [6, 6.07) is 11.7. The second kappa shape index (κ2) is 7.23. The molecule has 0 bridgehead atoms. The Labute approximate surface area is 160 Å². The number of aryl methyl sites for hydroxylation is 1. The summed E-state index contributed by atoms with van der Waals surface area (Å²) in [5.41, 5.74) is 1.34. The highest BCUT2D eigenvalue weighted by molar-refractivity contribution is 7.92. The summed E-state index contributed by atoms with van der Waals surface area (Å²) in [5.74, 6) is 0.300. The van der Waals surface area contributed by atoms with Crippen molar-refractivity contribution >= 4 is 27.3 Å². The van der Waals surface area contributed by atoms with Crippen molar-refractivity contribution in [2.45, 2.75) is 38.5 Å². The lowest BCUT2D eigenvalue weighted by Gasteiger charge is -2.18. The molecule has 0 saturated heterocycles. The second-order valence-corrected chi connectivity index (χ2v) is 9.02. The number of anilines is 2. The SMILES string of the molecule is CCCc1ccc(S(=O)(=O)Nc2ccc3c(c2)OCC(C)(C)C(=O)N3)cc1. The third-order valence-electron chi connectivity index (χ3n) is 4.46. The van der Waals surface area contributed by atoms with Gasteiger partial charge < -0.3 is 10.1 Å². The van der Waals surface area contributed by atoms with Crippen LogP contribution in [-0.2, 0) is 21.2 Å². The smallest absolute Gasteiger partial charge is 0.261 e. The summed E-state index contributed by atoms with van der Waals surface area (Å²) in [4.78, 5) is 12.4. The Bertz CT molecular complexity index is 950. The molecule has 1 amide bonds. The summed E-state index contributed by atoms with van der Waals surface area (Å²) in [6.07, 6.45) is 1.92. The van der Waals surface area contributed by atoms with Gasteiger partial charge in [0.25, 0.3) is 10.0 Å². The molecule has 0 aromatic heterocycles. The molecule has 0 fully saturated rings. The number of ether oxygens (including phenoxy) is 1. The molecule has 1 heterocycles. The third kappa shape index (κ3) is 4.24. The molecule has 6 nitrogen and oxygen atoms in total. The molecule has 3 rings (SSSR count). The van der Waals surface area contributed by atoms with Crippen molar-refractivity contribution in [3.63, 3.8) is 0 Å². The Morgan fingerprint density at radius 2 is 1.85 bits per heavy atom. The average molecular weight is 388 g/mol. The number of hydrogen-bond acceptors (Lipinski definition) is 4. The minimum Gasteiger partial charge on any atom is -0.490 e. The topological polar surface area (TPSA) is 84.5 Å². The van der Waals surface area contributed by atoms with E-state index in [1.807, 2.05) is 12.1 Å². The summed E-state index contributed by atoms with van der Waals surface area (Å²) in [6.45, 7) is 5.87. The van der Waals surface area contributed by atoms with E-state index in [1.165, 1.54) is 0 Å². The van der Waals surface area contributed by atoms with Crippen LogP contribution in [0.25, 0.3) is 0 Å². The quantitative estimate of drug-likeness (QED) is 0.816. The fourth-order valence-corrected chi connectivity index (χ4v) is 3.81. The van der Waals surface area contributed by atoms with Crippen molar-refractivity contribution in [3.8, 4) is 5.75 Å². The number of amides is 1. The number of benzene rings is 2. The molecule has 2 aromatic rings. The van der Waals surface area contributed by atoms with Gasteiger partial charge in [-0.15, -0.1) is 0 Å². The molecule has 27 heavy (non-hydrogen) atoms. The molecule has 144 valence electrons. The Hall–Kier alpha value is -2.54. The van der Waals surface area contributed by atoms with Crippen molar-refractivity contribution in [2.24, 2.45) is 5.41 Å². The summed E-state index contributed by atoms with van der Waals surface area (Å²) in [7, 11) is -3.71. The molecular formula is C20H24N2O4S. The molecular weight excluding hydrogens is 364 g/mol. The number of nitrogens with one attached hydrogen (secondary N) is 2. The summed E-state index contributed by atoms with van der Waals surface area (Å²) >= 11 is 0. The Morgan fingerprint density at radius 3 is 2.52 bits per heavy atom. The van der Waals surface area contributed by atoms with Gasteiger partial charge in [0, 0.05) is 6.07 Å². The van der Waals surface area contributed by atoms with Gasteiger partial charge in [-0.05, 0) is 50.1 Å². The monoisotopic (exact) mass is 388 g/mol. The zero-order valence-corrected chi connectivity index (χ0v) is 16.5. The number of carbonyl (C=O) groups excluding carboxylic acids is 1. The van der Waals surface area contributed by atoms with Crippen LogP contribution in [-0.4, -0.2) is 20.9 Å². The number of sulfonamides is 1. The Balaban J connectivity index is 1.82. The molecule has 2 N–H and O–H groups in total. The van der Waals surface area contributed by atoms with Gasteiger partial charge in [-0.2, -0.15) is 0 Å². The predicted molar refractivity (Wildman–Crippen MR) is 106 cm³/mol. The fourth-order valence-electron chi connectivity index (χ4n) is 2.76. The van der Waals surface area contributed by atoms with E-state index in [9.17, 15) is 13.2 Å². The zero-order valence-electron chi connectivity index (χ0n) is 15.7. The van der Waals surface area contributed by atoms with Gasteiger partial charge >= 0.3 is 0 Å². The van der Waals surface area contributed by atoms with E-state index < -0.39 is 15.4 Å². The van der Waals surface area contributed by atoms with Crippen molar-refractivity contribution in [3.05, 3.63) is 48.0 Å². The zero-order chi connectivity index (χ0) is 19.7. The number of fused-ring (bicyclic) bond motifs is 1. The molecule has 1 aliphatic rings. The van der Waals surface area contributed by atoms with Crippen LogP contribution in [0.4, 0.5) is 11.4 Å². The number of hydrogen-bond donors (Lipinski definition) is 2. The highest BCUT2D eigenvalue weighted by Crippen LogP contribution is 2.34. The number of rotatable bonds is 5. The van der Waals surface area contributed by atoms with Crippen molar-refractivity contribution in [1.82, 2.24) is 0 Å². The minimum absolute atomic E-state index is 0.137. The first-order valence-corrected chi connectivity index (χ1v) is 10.4. The average Bonchev–Trinajstić information content (AvgIpc) is 2.72. The van der Waals surface area contributed by atoms with Gasteiger partial charge in [-0.25, -0.2) is 8.42 Å². The van der Waals surface area contributed by atoms with Crippen molar-refractivity contribution < 1.29 is 17.9 Å². The third-order valence-corrected chi connectivity index (χ3v) is 5.85. The van der Waals surface area contributed by atoms with Crippen LogP contribution in [0, 0.1) is 5.41 Å². The van der Waals surface area contributed by atoms with Crippen molar-refractivity contribution in [1.29, 1.82) is 0 Å². The molecule has 0 spiro atoms. The maximum absolute atomic E-state index is 12.6. The Morgan fingerprint density at radius 1 is 1.15 bits per heavy atom. The van der Waals surface area contributed by atoms with Crippen LogP contribution in [0.2, 0.25) is 0 Å². The van der Waals surface area contributed by atoms with Crippen LogP contribution in [0.3, 0.4) is 0 Å². The van der Waals surface area contributed by atoms with Crippen LogP contribution in [0.1, 0.15) is 32.8 Å². The minimum atomic E-state index is -3.71. The molecule has 0 aliphatic carbocycles. The van der Waals surface area contributed by atoms with Crippen LogP contribution < -0.4 is 14.8 Å². The maximum atomic E-state index is 12.6. The normalized spacial score (nSPS) is 15.9. The second-order valence-electron chi connectivity index (χ2n) is 7.34. The lowest BCUT2D eigenvalue weighted by Crippen LogP contribution is -2.33. The van der Waals surface area contributed by atoms with E-state index in [2.05, 4.69) is 17.0 Å². The van der Waals surface area contributed by atoms with E-state index in [4.69, 9.17) is 4.74 Å². The van der Waals surface area contributed by atoms with E-state index >= 15 is 0 Å². The molecule has 1 aliphatic heterocycles. The van der Waals surface area contributed by atoms with Crippen LogP contribution in [0.5, 0.6) is 5.75 Å². The molecule has 7 heteroatoms. The highest BCUT2D eigenvalue weighted by Gasteiger charge is 2.32. The van der Waals surface area contributed by atoms with Gasteiger partial charge in [-0.3, -0.25) is 9.52 Å². The molecule has 0 radical (unpaired) electrons. The lowest BCUT2D eigenvalue weighted by atomic mass is 9.94. The first-order chi connectivity index (χ1) is 12.7. The van der Waals surface area contributed by atoms with E-state index in [0.717, 1.165) is 18.4 Å². The van der Waals surface area contributed by atoms with E-state index in [0.29, 0.717) is 17.1 Å². The largest absolute Gasteiger partial charge is 0.490 e. The van der Waals surface area contributed by atoms with E-state index in [1.54, 1.807) is 44.2 Å². The van der Waals surface area contributed by atoms with Gasteiger partial charge in [0.15, 0.2) is 0 Å². The van der Waals surface area contributed by atoms with Crippen molar-refractivity contribution in [2.75, 3.05) is 16.6 Å². The van der Waals surface area contributed by atoms with Gasteiger partial charge in [-0.1, -0.05) is 25.5 Å². The summed E-state index contributed by atoms with van der Waals surface area (Å²) < 4.78 is 33.6. The molecule has 2 aromatic carbocycles. The van der Waals surface area contributed by atoms with Crippen LogP contribution >= 0.6 is 0 Å². The molecule has 0 atom stereocenters. The first-order valence-electron chi connectivity index (χ1n) is 8.91. The predicted octanol–water partition coefficient (Wildman–Crippen LogP) is 3.80. The Kier molecular flexibility index (Phi) is 5.15. The first kappa shape index (κ1) is 19.2. The van der Waals surface area contributed by atoms with Crippen LogP contribution in [0.15, 0.2) is 47.4 Å². The maximum Gasteiger partial charge on any atom is 0.261 e. The lowest BCUT2D eigenvalue weighted by molar-refractivity contribution is -0.124. The molecule has 0 saturated carbocycles. The van der Waals surface area contributed by atoms with Gasteiger partial charge in [0.1, 0.15) is 12.4 Å². The van der Waals surface area contributed by atoms with Gasteiger partial charge in [0.2, 0.25) is 5.91 Å². The molecule has 0 unspecified atom stereocenters. The van der Waals surface area contributed by atoms with Gasteiger partial charge in [0.05, 0.1) is 21.7 Å². The fraction of sp³-hybridized carbons (Fsp3) is 0.350. The highest BCUT2D eigenvalue weighted by atomic mass is 32.2. The number of carbonyl (C=O) groups is 1.